The number of nitrogen functional groups attached to an aromatic ring is 1. The van der Waals surface area contributed by atoms with Crippen LogP contribution in [0.3, 0.4) is 0 Å². The average Bonchev–Trinajstić information content (AvgIpc) is 2.89. The molecule has 0 aliphatic carbocycles. The zero-order valence-electron chi connectivity index (χ0n) is 11.6. The van der Waals surface area contributed by atoms with Crippen molar-refractivity contribution >= 4 is 17.2 Å². The van der Waals surface area contributed by atoms with E-state index < -0.39 is 0 Å². The monoisotopic (exact) mass is 285 g/mol. The number of nitrogens with two attached hydrogens (primary N) is 1. The molecule has 1 atom stereocenters. The highest BCUT2D eigenvalue weighted by Crippen LogP contribution is 2.13. The predicted octanol–water partition coefficient (Wildman–Crippen LogP) is 2.62. The molecule has 1 aromatic rings. The minimum absolute atomic E-state index is 0.227. The van der Waals surface area contributed by atoms with Crippen LogP contribution in [-0.2, 0) is 11.3 Å². The molecule has 1 amide bonds. The van der Waals surface area contributed by atoms with Gasteiger partial charge in [0.1, 0.15) is 0 Å². The Hall–Kier alpha value is -0.980. The van der Waals surface area contributed by atoms with Gasteiger partial charge in [0.25, 0.3) is 5.91 Å². The molecule has 1 rings (SSSR count). The van der Waals surface area contributed by atoms with Crippen LogP contribution in [0.15, 0.2) is 5.38 Å². The summed E-state index contributed by atoms with van der Waals surface area (Å²) in [7, 11) is 0. The third-order valence-corrected chi connectivity index (χ3v) is 3.75. The van der Waals surface area contributed by atoms with Crippen molar-refractivity contribution in [3.63, 3.8) is 0 Å². The van der Waals surface area contributed by atoms with Crippen molar-refractivity contribution in [1.82, 2.24) is 10.4 Å². The number of rotatable bonds is 9. The summed E-state index contributed by atoms with van der Waals surface area (Å²) in [5.41, 5.74) is 2.85. The Balaban J connectivity index is 2.24. The SMILES string of the molecule is CCCCCCC(C)OCc1csc(C(=O)NN)n1. The quantitative estimate of drug-likeness (QED) is 0.316. The van der Waals surface area contributed by atoms with Crippen LogP contribution < -0.4 is 11.3 Å². The highest BCUT2D eigenvalue weighted by molar-refractivity contribution is 7.11. The molecule has 108 valence electrons. The van der Waals surface area contributed by atoms with Crippen molar-refractivity contribution in [2.75, 3.05) is 0 Å². The smallest absolute Gasteiger partial charge is 0.294 e. The molecule has 3 N–H and O–H groups in total. The summed E-state index contributed by atoms with van der Waals surface area (Å²) in [5.74, 6) is 4.69. The van der Waals surface area contributed by atoms with Gasteiger partial charge in [-0.25, -0.2) is 10.8 Å². The van der Waals surface area contributed by atoms with Crippen LogP contribution in [0, 0.1) is 0 Å². The average molecular weight is 285 g/mol. The molecule has 0 aliphatic rings. The van der Waals surface area contributed by atoms with Gasteiger partial charge in [0.05, 0.1) is 18.4 Å². The van der Waals surface area contributed by atoms with Gasteiger partial charge in [-0.3, -0.25) is 10.2 Å². The molecule has 0 saturated heterocycles. The first-order valence-electron chi connectivity index (χ1n) is 6.74. The highest BCUT2D eigenvalue weighted by Gasteiger charge is 2.10. The molecule has 0 spiro atoms. The molecule has 0 bridgehead atoms. The lowest BCUT2D eigenvalue weighted by Crippen LogP contribution is -2.29. The highest BCUT2D eigenvalue weighted by atomic mass is 32.1. The topological polar surface area (TPSA) is 77.2 Å². The number of hydrogen-bond acceptors (Lipinski definition) is 5. The number of thiazole rings is 1. The van der Waals surface area contributed by atoms with Gasteiger partial charge in [-0.2, -0.15) is 0 Å². The first-order chi connectivity index (χ1) is 9.17. The molecule has 0 aromatic carbocycles. The van der Waals surface area contributed by atoms with Gasteiger partial charge in [0, 0.05) is 5.38 Å². The molecule has 19 heavy (non-hydrogen) atoms. The number of ether oxygens (including phenoxy) is 1. The Morgan fingerprint density at radius 2 is 2.32 bits per heavy atom. The van der Waals surface area contributed by atoms with Crippen LogP contribution in [0.4, 0.5) is 0 Å². The minimum atomic E-state index is -0.358. The molecule has 1 aromatic heterocycles. The van der Waals surface area contributed by atoms with Crippen molar-refractivity contribution in [3.05, 3.63) is 16.1 Å². The predicted molar refractivity (Wildman–Crippen MR) is 76.8 cm³/mol. The Labute approximate surface area is 118 Å². The van der Waals surface area contributed by atoms with Gasteiger partial charge in [-0.1, -0.05) is 32.6 Å². The van der Waals surface area contributed by atoms with Gasteiger partial charge in [0.2, 0.25) is 0 Å². The largest absolute Gasteiger partial charge is 0.372 e. The molecule has 0 fully saturated rings. The Morgan fingerprint density at radius 1 is 1.53 bits per heavy atom. The second-order valence-electron chi connectivity index (χ2n) is 4.59. The van der Waals surface area contributed by atoms with E-state index in [1.54, 1.807) is 0 Å². The van der Waals surface area contributed by atoms with Crippen LogP contribution in [0.5, 0.6) is 0 Å². The third kappa shape index (κ3) is 6.13. The number of nitrogens with zero attached hydrogens (tertiary/aromatic N) is 1. The standard InChI is InChI=1S/C13H23N3O2S/c1-3-4-5-6-7-10(2)18-8-11-9-19-13(15-11)12(17)16-14/h9-10H,3-8,14H2,1-2H3,(H,16,17). The van der Waals surface area contributed by atoms with Crippen molar-refractivity contribution in [1.29, 1.82) is 0 Å². The number of carbonyl (C=O) groups is 1. The van der Waals surface area contributed by atoms with Crippen molar-refractivity contribution in [2.24, 2.45) is 5.84 Å². The zero-order valence-corrected chi connectivity index (χ0v) is 12.5. The molecule has 0 radical (unpaired) electrons. The summed E-state index contributed by atoms with van der Waals surface area (Å²) >= 11 is 1.28. The van der Waals surface area contributed by atoms with Gasteiger partial charge >= 0.3 is 0 Å². The summed E-state index contributed by atoms with van der Waals surface area (Å²) in [5, 5.41) is 2.20. The summed E-state index contributed by atoms with van der Waals surface area (Å²) in [4.78, 5) is 15.4. The summed E-state index contributed by atoms with van der Waals surface area (Å²) in [6.45, 7) is 4.73. The lowest BCUT2D eigenvalue weighted by molar-refractivity contribution is 0.0442. The van der Waals surface area contributed by atoms with Crippen LogP contribution >= 0.6 is 11.3 Å². The number of hydrazine groups is 1. The van der Waals surface area contributed by atoms with Gasteiger partial charge < -0.3 is 4.74 Å². The third-order valence-electron chi connectivity index (χ3n) is 2.86. The van der Waals surface area contributed by atoms with Gasteiger partial charge in [-0.15, -0.1) is 11.3 Å². The fraction of sp³-hybridized carbons (Fsp3) is 0.692. The van der Waals surface area contributed by atoms with E-state index >= 15 is 0 Å². The van der Waals surface area contributed by atoms with E-state index in [9.17, 15) is 4.79 Å². The second-order valence-corrected chi connectivity index (χ2v) is 5.45. The zero-order chi connectivity index (χ0) is 14.1. The van der Waals surface area contributed by atoms with Crippen LogP contribution in [0.25, 0.3) is 0 Å². The van der Waals surface area contributed by atoms with Crippen LogP contribution in [0.1, 0.15) is 61.4 Å². The van der Waals surface area contributed by atoms with Gasteiger partial charge in [-0.05, 0) is 13.3 Å². The normalized spacial score (nSPS) is 12.4. The molecule has 6 heteroatoms. The molecule has 1 unspecified atom stereocenters. The number of amides is 1. The van der Waals surface area contributed by atoms with E-state index in [1.807, 2.05) is 5.38 Å². The Morgan fingerprint density at radius 3 is 3.00 bits per heavy atom. The van der Waals surface area contributed by atoms with Crippen molar-refractivity contribution < 1.29 is 9.53 Å². The number of aromatic nitrogens is 1. The van der Waals surface area contributed by atoms with E-state index in [1.165, 1.54) is 37.0 Å². The Bertz CT molecular complexity index is 382. The van der Waals surface area contributed by atoms with E-state index in [-0.39, 0.29) is 12.0 Å². The lowest BCUT2D eigenvalue weighted by atomic mass is 10.1. The van der Waals surface area contributed by atoms with Crippen molar-refractivity contribution in [2.45, 2.75) is 58.7 Å². The minimum Gasteiger partial charge on any atom is -0.372 e. The number of carbonyl (C=O) groups excluding carboxylic acids is 1. The Kier molecular flexibility index (Phi) is 7.62. The fourth-order valence-corrected chi connectivity index (χ4v) is 2.41. The van der Waals surface area contributed by atoms with Crippen LogP contribution in [0.2, 0.25) is 0 Å². The van der Waals surface area contributed by atoms with E-state index in [0.717, 1.165) is 12.1 Å². The maximum Gasteiger partial charge on any atom is 0.294 e. The summed E-state index contributed by atoms with van der Waals surface area (Å²) in [6.07, 6.45) is 6.30. The molecular weight excluding hydrogens is 262 g/mol. The van der Waals surface area contributed by atoms with E-state index in [2.05, 4.69) is 24.3 Å². The molecule has 0 saturated carbocycles. The second kappa shape index (κ2) is 9.01. The first-order valence-corrected chi connectivity index (χ1v) is 7.62. The molecule has 1 heterocycles. The van der Waals surface area contributed by atoms with Crippen LogP contribution in [-0.4, -0.2) is 17.0 Å². The van der Waals surface area contributed by atoms with E-state index in [0.29, 0.717) is 11.6 Å². The van der Waals surface area contributed by atoms with Crippen molar-refractivity contribution in [3.8, 4) is 0 Å². The number of unbranched alkanes of at least 4 members (excludes halogenated alkanes) is 3. The number of hydrogen-bond donors (Lipinski definition) is 2. The molecule has 0 aliphatic heterocycles. The summed E-state index contributed by atoms with van der Waals surface area (Å²) in [6, 6.07) is 0. The number of nitrogens with one attached hydrogen (secondary N) is 1. The molecule has 5 nitrogen and oxygen atoms in total. The van der Waals surface area contributed by atoms with E-state index in [4.69, 9.17) is 10.6 Å². The maximum atomic E-state index is 11.2. The van der Waals surface area contributed by atoms with Gasteiger partial charge in [0.15, 0.2) is 5.01 Å². The lowest BCUT2D eigenvalue weighted by Gasteiger charge is -2.11. The maximum absolute atomic E-state index is 11.2. The summed E-state index contributed by atoms with van der Waals surface area (Å²) < 4.78 is 5.72. The fourth-order valence-electron chi connectivity index (χ4n) is 1.71. The first kappa shape index (κ1) is 16.1. The molecular formula is C13H23N3O2S.